The van der Waals surface area contributed by atoms with Gasteiger partial charge in [-0.2, -0.15) is 0 Å². The molecule has 0 fully saturated rings. The summed E-state index contributed by atoms with van der Waals surface area (Å²) in [5, 5.41) is 0. The maximum atomic E-state index is 13.2. The molecule has 0 bridgehead atoms. The molecule has 4 heterocycles. The lowest BCUT2D eigenvalue weighted by molar-refractivity contribution is 0.102. The van der Waals surface area contributed by atoms with Gasteiger partial charge in [-0.25, -0.2) is 0 Å². The van der Waals surface area contributed by atoms with Crippen LogP contribution in [0.2, 0.25) is 0 Å². The second kappa shape index (κ2) is 11.9. The number of ketones is 2. The monoisotopic (exact) mass is 556 g/mol. The van der Waals surface area contributed by atoms with E-state index in [0.717, 1.165) is 50.2 Å². The molecule has 6 rings (SSSR count). The van der Waals surface area contributed by atoms with Gasteiger partial charge >= 0.3 is 8.25 Å². The van der Waals surface area contributed by atoms with Crippen LogP contribution in [0.5, 0.6) is 0 Å². The topological polar surface area (TPSA) is 79.5 Å². The highest BCUT2D eigenvalue weighted by Gasteiger charge is 2.30. The molecule has 2 unspecified atom stereocenters. The zero-order valence-electron chi connectivity index (χ0n) is 22.3. The largest absolute Gasteiger partial charge is 0.350 e. The molecule has 7 nitrogen and oxygen atoms in total. The molecule has 0 spiro atoms. The van der Waals surface area contributed by atoms with Gasteiger partial charge in [0, 0.05) is 71.0 Å². The van der Waals surface area contributed by atoms with Crippen LogP contribution >= 0.6 is 8.25 Å². The smallest absolute Gasteiger partial charge is 0.319 e. The summed E-state index contributed by atoms with van der Waals surface area (Å²) < 4.78 is 28.7. The minimum atomic E-state index is -2.76. The van der Waals surface area contributed by atoms with Crippen molar-refractivity contribution in [3.05, 3.63) is 119 Å². The van der Waals surface area contributed by atoms with E-state index in [1.54, 1.807) is 0 Å². The maximum absolute atomic E-state index is 13.2. The second-order valence-corrected chi connectivity index (χ2v) is 11.6. The van der Waals surface area contributed by atoms with E-state index >= 15 is 0 Å². The molecule has 4 aromatic rings. The fraction of sp³-hybridized carbons (Fsp3) is 0.312. The van der Waals surface area contributed by atoms with Gasteiger partial charge in [0.1, 0.15) is 0 Å². The standard InChI is InChI=1S/C32H33N2O5P/c35-31(23-9-3-1-4-10-23)27-15-19-33-17-7-13-25(29(27)33)21-38-40(37)39-22-26-14-8-18-34-20-16-28(30(26)34)32(36)24-11-5-2-6-12-24/h1-6,9-12,15-16,19-20,25-26,40H,7-8,13-14,17-18,21-22H2. The van der Waals surface area contributed by atoms with Gasteiger partial charge in [0.05, 0.1) is 13.2 Å². The van der Waals surface area contributed by atoms with Crippen molar-refractivity contribution < 1.29 is 23.2 Å². The number of hydrogen-bond donors (Lipinski definition) is 0. The molecule has 0 aliphatic carbocycles. The molecule has 0 saturated heterocycles. The highest BCUT2D eigenvalue weighted by Crippen LogP contribution is 2.38. The first-order valence-corrected chi connectivity index (χ1v) is 15.2. The number of nitrogens with zero attached hydrogens (tertiary/aromatic N) is 2. The molecule has 206 valence electrons. The first kappa shape index (κ1) is 26.7. The summed E-state index contributed by atoms with van der Waals surface area (Å²) in [6.07, 6.45) is 7.57. The van der Waals surface area contributed by atoms with Crippen LogP contribution in [0.15, 0.2) is 85.2 Å². The van der Waals surface area contributed by atoms with Crippen LogP contribution in [0.25, 0.3) is 0 Å². The average Bonchev–Trinajstić information content (AvgIpc) is 3.64. The van der Waals surface area contributed by atoms with Gasteiger partial charge < -0.3 is 18.2 Å². The van der Waals surface area contributed by atoms with Crippen molar-refractivity contribution in [1.82, 2.24) is 9.13 Å². The Morgan fingerprint density at radius 2 is 1.10 bits per heavy atom. The van der Waals surface area contributed by atoms with E-state index in [1.807, 2.05) is 85.2 Å². The molecule has 0 saturated carbocycles. The van der Waals surface area contributed by atoms with E-state index in [9.17, 15) is 14.2 Å². The minimum Gasteiger partial charge on any atom is -0.350 e. The lowest BCUT2D eigenvalue weighted by atomic mass is 9.91. The third kappa shape index (κ3) is 5.42. The Hall–Kier alpha value is -3.51. The number of aromatic nitrogens is 2. The summed E-state index contributed by atoms with van der Waals surface area (Å²) in [7, 11) is -2.76. The van der Waals surface area contributed by atoms with Gasteiger partial charge in [-0.05, 0) is 37.8 Å². The normalized spacial score (nSPS) is 19.0. The summed E-state index contributed by atoms with van der Waals surface area (Å²) in [5.41, 5.74) is 4.56. The summed E-state index contributed by atoms with van der Waals surface area (Å²) in [5.74, 6) is -0.0884. The highest BCUT2D eigenvalue weighted by atomic mass is 31.1. The lowest BCUT2D eigenvalue weighted by Crippen LogP contribution is -2.21. The molecule has 0 amide bonds. The van der Waals surface area contributed by atoms with Gasteiger partial charge in [-0.15, -0.1) is 0 Å². The van der Waals surface area contributed by atoms with E-state index < -0.39 is 8.25 Å². The van der Waals surface area contributed by atoms with Gasteiger partial charge in [0.2, 0.25) is 0 Å². The van der Waals surface area contributed by atoms with Gasteiger partial charge in [-0.1, -0.05) is 60.7 Å². The summed E-state index contributed by atoms with van der Waals surface area (Å²) in [6.45, 7) is 2.17. The quantitative estimate of drug-likeness (QED) is 0.162. The molecule has 0 radical (unpaired) electrons. The Bertz CT molecular complexity index is 1410. The first-order chi connectivity index (χ1) is 19.6. The number of carbonyl (C=O) groups is 2. The number of rotatable bonds is 10. The summed E-state index contributed by atoms with van der Waals surface area (Å²) >= 11 is 0. The van der Waals surface area contributed by atoms with Gasteiger partial charge in [0.15, 0.2) is 11.6 Å². The number of carbonyl (C=O) groups excluding carboxylic acids is 2. The second-order valence-electron chi connectivity index (χ2n) is 10.6. The molecule has 0 N–H and O–H groups in total. The summed E-state index contributed by atoms with van der Waals surface area (Å²) in [6, 6.07) is 22.3. The summed E-state index contributed by atoms with van der Waals surface area (Å²) in [4.78, 5) is 26.4. The van der Waals surface area contributed by atoms with Crippen LogP contribution in [0.4, 0.5) is 0 Å². The Labute approximate surface area is 234 Å². The van der Waals surface area contributed by atoms with Crippen molar-refractivity contribution in [3.8, 4) is 0 Å². The van der Waals surface area contributed by atoms with Crippen LogP contribution in [-0.2, 0) is 26.7 Å². The number of aryl methyl sites for hydroxylation is 2. The molecule has 2 aliphatic rings. The van der Waals surface area contributed by atoms with E-state index in [2.05, 4.69) is 9.13 Å². The molecule has 8 heteroatoms. The number of fused-ring (bicyclic) bond motifs is 2. The highest BCUT2D eigenvalue weighted by molar-refractivity contribution is 7.33. The van der Waals surface area contributed by atoms with E-state index in [1.165, 1.54) is 0 Å². The van der Waals surface area contributed by atoms with E-state index in [-0.39, 0.29) is 36.6 Å². The predicted molar refractivity (Wildman–Crippen MR) is 153 cm³/mol. The third-order valence-electron chi connectivity index (χ3n) is 8.06. The van der Waals surface area contributed by atoms with Crippen molar-refractivity contribution in [1.29, 1.82) is 0 Å². The number of hydrogen-bond acceptors (Lipinski definition) is 5. The molecule has 2 aliphatic heterocycles. The van der Waals surface area contributed by atoms with Crippen LogP contribution in [0.1, 0.15) is 80.7 Å². The Morgan fingerprint density at radius 3 is 1.52 bits per heavy atom. The van der Waals surface area contributed by atoms with Crippen LogP contribution in [0, 0.1) is 0 Å². The zero-order chi connectivity index (χ0) is 27.5. The molecule has 2 aromatic carbocycles. The molecule has 40 heavy (non-hydrogen) atoms. The van der Waals surface area contributed by atoms with Crippen LogP contribution < -0.4 is 0 Å². The van der Waals surface area contributed by atoms with Gasteiger partial charge in [-0.3, -0.25) is 14.2 Å². The SMILES string of the molecule is O=C(c1ccccc1)c1ccn2c1C(CO[PH](=O)OCC1CCCn3ccc(C(=O)c4ccccc4)c31)CCC2. The molecular formula is C32H33N2O5P. The van der Waals surface area contributed by atoms with Crippen LogP contribution in [0.3, 0.4) is 0 Å². The first-order valence-electron chi connectivity index (χ1n) is 14.0. The van der Waals surface area contributed by atoms with E-state index in [4.69, 9.17) is 9.05 Å². The minimum absolute atomic E-state index is 0.00805. The van der Waals surface area contributed by atoms with Crippen molar-refractivity contribution in [2.24, 2.45) is 0 Å². The van der Waals surface area contributed by atoms with E-state index in [0.29, 0.717) is 22.3 Å². The maximum Gasteiger partial charge on any atom is 0.319 e. The third-order valence-corrected chi connectivity index (χ3v) is 8.86. The van der Waals surface area contributed by atoms with Crippen molar-refractivity contribution in [2.75, 3.05) is 13.2 Å². The van der Waals surface area contributed by atoms with Crippen LogP contribution in [-0.4, -0.2) is 33.9 Å². The zero-order valence-corrected chi connectivity index (χ0v) is 23.3. The Kier molecular flexibility index (Phi) is 7.96. The lowest BCUT2D eigenvalue weighted by Gasteiger charge is -2.27. The predicted octanol–water partition coefficient (Wildman–Crippen LogP) is 6.63. The van der Waals surface area contributed by atoms with Crippen molar-refractivity contribution in [2.45, 2.75) is 50.6 Å². The molecule has 2 aromatic heterocycles. The Morgan fingerprint density at radius 1 is 0.675 bits per heavy atom. The Balaban J connectivity index is 1.11. The molecular weight excluding hydrogens is 523 g/mol. The van der Waals surface area contributed by atoms with Gasteiger partial charge in [0.25, 0.3) is 0 Å². The fourth-order valence-corrected chi connectivity index (χ4v) is 6.89. The van der Waals surface area contributed by atoms with Crippen molar-refractivity contribution >= 4 is 19.8 Å². The van der Waals surface area contributed by atoms with Crippen molar-refractivity contribution in [3.63, 3.8) is 0 Å². The number of benzene rings is 2. The molecule has 2 atom stereocenters. The fourth-order valence-electron chi connectivity index (χ4n) is 6.14. The average molecular weight is 557 g/mol.